The van der Waals surface area contributed by atoms with E-state index in [0.717, 1.165) is 18.4 Å². The van der Waals surface area contributed by atoms with Crippen LogP contribution in [0.3, 0.4) is 0 Å². The lowest BCUT2D eigenvalue weighted by molar-refractivity contribution is -0.385. The van der Waals surface area contributed by atoms with Crippen molar-refractivity contribution in [2.45, 2.75) is 32.0 Å². The maximum Gasteiger partial charge on any atom is 0.270 e. The van der Waals surface area contributed by atoms with Gasteiger partial charge >= 0.3 is 0 Å². The number of rotatable bonds is 5. The molecule has 2 aromatic rings. The molecule has 0 amide bonds. The summed E-state index contributed by atoms with van der Waals surface area (Å²) in [6.45, 7) is 1.42. The van der Waals surface area contributed by atoms with Gasteiger partial charge in [-0.1, -0.05) is 30.2 Å². The molecule has 6 heteroatoms. The first-order valence-corrected chi connectivity index (χ1v) is 8.93. The van der Waals surface area contributed by atoms with Crippen molar-refractivity contribution >= 4 is 5.69 Å². The Morgan fingerprint density at radius 1 is 1.30 bits per heavy atom. The minimum atomic E-state index is -0.380. The zero-order valence-corrected chi connectivity index (χ0v) is 14.9. The number of hydrogen-bond donors (Lipinski definition) is 0. The van der Waals surface area contributed by atoms with Gasteiger partial charge in [-0.2, -0.15) is 0 Å². The minimum absolute atomic E-state index is 0.0466. The molecule has 1 aliphatic heterocycles. The van der Waals surface area contributed by atoms with E-state index < -0.39 is 0 Å². The second-order valence-corrected chi connectivity index (χ2v) is 6.82. The van der Waals surface area contributed by atoms with Crippen molar-refractivity contribution in [2.24, 2.45) is 0 Å². The Kier molecular flexibility index (Phi) is 4.80. The van der Waals surface area contributed by atoms with Crippen LogP contribution < -0.4 is 4.74 Å². The fourth-order valence-corrected chi connectivity index (χ4v) is 4.03. The Morgan fingerprint density at radius 2 is 2.15 bits per heavy atom. The summed E-state index contributed by atoms with van der Waals surface area (Å²) in [7, 11) is 0. The van der Waals surface area contributed by atoms with E-state index in [-0.39, 0.29) is 23.4 Å². The molecule has 0 radical (unpaired) electrons. The second kappa shape index (κ2) is 7.39. The third-order valence-electron chi connectivity index (χ3n) is 5.19. The molecule has 27 heavy (non-hydrogen) atoms. The number of benzene rings is 2. The zero-order chi connectivity index (χ0) is 18.8. The topological polar surface area (TPSA) is 64.8 Å². The second-order valence-electron chi connectivity index (χ2n) is 6.82. The molecule has 4 rings (SSSR count). The number of non-ortho nitro benzene ring substituents is 1. The molecular formula is C21H20N2O4. The van der Waals surface area contributed by atoms with Crippen LogP contribution in [0.1, 0.15) is 34.7 Å². The SMILES string of the molecule is C#CCN(Cc1cc([N+](=O)[O-])cc2c1OCOC2)[C@H]1CCc2ccccc21. The van der Waals surface area contributed by atoms with Gasteiger partial charge in [0.2, 0.25) is 0 Å². The van der Waals surface area contributed by atoms with E-state index in [1.807, 2.05) is 6.07 Å². The third kappa shape index (κ3) is 3.39. The number of fused-ring (bicyclic) bond motifs is 2. The summed E-state index contributed by atoms with van der Waals surface area (Å²) < 4.78 is 11.0. The molecule has 1 atom stereocenters. The summed E-state index contributed by atoms with van der Waals surface area (Å²) in [5.41, 5.74) is 4.16. The molecule has 0 unspecified atom stereocenters. The molecule has 0 fully saturated rings. The highest BCUT2D eigenvalue weighted by molar-refractivity contribution is 5.50. The summed E-state index contributed by atoms with van der Waals surface area (Å²) in [6.07, 6.45) is 7.64. The molecule has 0 N–H and O–H groups in total. The summed E-state index contributed by atoms with van der Waals surface area (Å²) in [4.78, 5) is 13.2. The Hall–Kier alpha value is -2.88. The number of terminal acetylenes is 1. The van der Waals surface area contributed by atoms with Crippen LogP contribution in [0.15, 0.2) is 36.4 Å². The van der Waals surface area contributed by atoms with Gasteiger partial charge in [-0.15, -0.1) is 6.42 Å². The van der Waals surface area contributed by atoms with Crippen molar-refractivity contribution in [2.75, 3.05) is 13.3 Å². The third-order valence-corrected chi connectivity index (χ3v) is 5.19. The average molecular weight is 364 g/mol. The van der Waals surface area contributed by atoms with Gasteiger partial charge in [0.15, 0.2) is 6.79 Å². The van der Waals surface area contributed by atoms with Gasteiger partial charge in [0.1, 0.15) is 5.75 Å². The first-order chi connectivity index (χ1) is 13.2. The van der Waals surface area contributed by atoms with Gasteiger partial charge in [0, 0.05) is 35.8 Å². The Morgan fingerprint density at radius 3 is 2.96 bits per heavy atom. The number of nitro benzene ring substituents is 1. The fourth-order valence-electron chi connectivity index (χ4n) is 4.03. The normalized spacial score (nSPS) is 17.7. The molecule has 0 saturated carbocycles. The zero-order valence-electron chi connectivity index (χ0n) is 14.9. The minimum Gasteiger partial charge on any atom is -0.467 e. The smallest absolute Gasteiger partial charge is 0.270 e. The lowest BCUT2D eigenvalue weighted by atomic mass is 10.0. The van der Waals surface area contributed by atoms with Gasteiger partial charge in [0.05, 0.1) is 18.1 Å². The van der Waals surface area contributed by atoms with Crippen LogP contribution in [0.5, 0.6) is 5.75 Å². The predicted octanol–water partition coefficient (Wildman–Crippen LogP) is 3.58. The molecular weight excluding hydrogens is 344 g/mol. The van der Waals surface area contributed by atoms with Crippen molar-refractivity contribution in [3.05, 3.63) is 68.8 Å². The van der Waals surface area contributed by atoms with Crippen LogP contribution >= 0.6 is 0 Å². The highest BCUT2D eigenvalue weighted by Crippen LogP contribution is 2.39. The van der Waals surface area contributed by atoms with Crippen molar-refractivity contribution in [1.82, 2.24) is 4.90 Å². The van der Waals surface area contributed by atoms with Crippen molar-refractivity contribution in [3.8, 4) is 18.1 Å². The Labute approximate surface area is 157 Å². The number of nitrogens with zero attached hydrogens (tertiary/aromatic N) is 2. The van der Waals surface area contributed by atoms with Crippen molar-refractivity contribution in [3.63, 3.8) is 0 Å². The highest BCUT2D eigenvalue weighted by Gasteiger charge is 2.29. The molecule has 0 spiro atoms. The van der Waals surface area contributed by atoms with Crippen molar-refractivity contribution in [1.29, 1.82) is 0 Å². The predicted molar refractivity (Wildman–Crippen MR) is 100 cm³/mol. The molecule has 0 saturated heterocycles. The van der Waals surface area contributed by atoms with Crippen LogP contribution in [-0.4, -0.2) is 23.2 Å². The van der Waals surface area contributed by atoms with E-state index in [4.69, 9.17) is 15.9 Å². The number of nitro groups is 1. The van der Waals surface area contributed by atoms with Crippen LogP contribution in [0.4, 0.5) is 5.69 Å². The van der Waals surface area contributed by atoms with E-state index in [9.17, 15) is 10.1 Å². The number of aryl methyl sites for hydroxylation is 1. The standard InChI is InChI=1S/C21H20N2O4/c1-2-9-22(20-8-7-15-5-3-4-6-19(15)20)12-16-10-18(23(24)25)11-17-13-26-14-27-21(16)17/h1,3-6,10-11,20H,7-9,12-14H2/t20-/m0/s1. The first kappa shape index (κ1) is 17.5. The first-order valence-electron chi connectivity index (χ1n) is 8.93. The van der Waals surface area contributed by atoms with Gasteiger partial charge in [-0.3, -0.25) is 15.0 Å². The van der Waals surface area contributed by atoms with E-state index in [1.54, 1.807) is 6.07 Å². The quantitative estimate of drug-likeness (QED) is 0.461. The molecule has 1 heterocycles. The fraction of sp³-hybridized carbons (Fsp3) is 0.333. The lowest BCUT2D eigenvalue weighted by Gasteiger charge is -2.29. The highest BCUT2D eigenvalue weighted by atomic mass is 16.7. The van der Waals surface area contributed by atoms with Crippen molar-refractivity contribution < 1.29 is 14.4 Å². The van der Waals surface area contributed by atoms with Crippen LogP contribution in [-0.2, 0) is 24.3 Å². The summed E-state index contributed by atoms with van der Waals surface area (Å²) >= 11 is 0. The van der Waals surface area contributed by atoms with Gasteiger partial charge in [-0.05, 0) is 24.0 Å². The molecule has 0 bridgehead atoms. The summed E-state index contributed by atoms with van der Waals surface area (Å²) in [5.74, 6) is 3.42. The van der Waals surface area contributed by atoms with Crippen LogP contribution in [0.2, 0.25) is 0 Å². The molecule has 138 valence electrons. The average Bonchev–Trinajstić information content (AvgIpc) is 3.11. The van der Waals surface area contributed by atoms with Gasteiger partial charge in [0.25, 0.3) is 5.69 Å². The molecule has 0 aromatic heterocycles. The van der Waals surface area contributed by atoms with Gasteiger partial charge in [-0.25, -0.2) is 0 Å². The molecule has 6 nitrogen and oxygen atoms in total. The maximum atomic E-state index is 11.3. The molecule has 1 aliphatic carbocycles. The lowest BCUT2D eigenvalue weighted by Crippen LogP contribution is -2.28. The largest absolute Gasteiger partial charge is 0.467 e. The van der Waals surface area contributed by atoms with Crippen LogP contribution in [0, 0.1) is 22.5 Å². The number of hydrogen-bond acceptors (Lipinski definition) is 5. The van der Waals surface area contributed by atoms with E-state index in [1.165, 1.54) is 17.2 Å². The molecule has 2 aliphatic rings. The van der Waals surface area contributed by atoms with E-state index in [2.05, 4.69) is 29.0 Å². The summed E-state index contributed by atoms with van der Waals surface area (Å²) in [5, 5.41) is 11.3. The monoisotopic (exact) mass is 364 g/mol. The maximum absolute atomic E-state index is 11.3. The Bertz CT molecular complexity index is 919. The summed E-state index contributed by atoms with van der Waals surface area (Å²) in [6, 6.07) is 11.7. The Balaban J connectivity index is 1.70. The number of ether oxygens (including phenoxy) is 2. The molecule has 2 aromatic carbocycles. The van der Waals surface area contributed by atoms with Gasteiger partial charge < -0.3 is 9.47 Å². The van der Waals surface area contributed by atoms with Crippen LogP contribution in [0.25, 0.3) is 0 Å². The van der Waals surface area contributed by atoms with E-state index >= 15 is 0 Å². The van der Waals surface area contributed by atoms with E-state index in [0.29, 0.717) is 31.0 Å².